The van der Waals surface area contributed by atoms with Crippen LogP contribution in [0.15, 0.2) is 45.7 Å². The van der Waals surface area contributed by atoms with Crippen LogP contribution in [0, 0.1) is 0 Å². The molecule has 0 saturated carbocycles. The Labute approximate surface area is 148 Å². The molecule has 0 atom stereocenters. The number of hydrogen-bond donors (Lipinski definition) is 4. The largest absolute Gasteiger partial charge is 0.349 e. The molecule has 0 aliphatic carbocycles. The second-order valence-corrected chi connectivity index (χ2v) is 6.59. The highest BCUT2D eigenvalue weighted by Gasteiger charge is 2.17. The molecule has 0 radical (unpaired) electrons. The summed E-state index contributed by atoms with van der Waals surface area (Å²) < 4.78 is 0.879. The molecule has 4 aromatic rings. The van der Waals surface area contributed by atoms with Gasteiger partial charge in [0.15, 0.2) is 0 Å². The maximum atomic E-state index is 12.5. The number of fused-ring (bicyclic) bond motifs is 2. The number of aromatic nitrogens is 3. The first-order valence-corrected chi connectivity index (χ1v) is 8.18. The fourth-order valence-electron chi connectivity index (χ4n) is 2.59. The molecule has 8 heteroatoms. The predicted octanol–water partition coefficient (Wildman–Crippen LogP) is 4.01. The third kappa shape index (κ3) is 2.51. The first kappa shape index (κ1) is 15.0. The van der Waals surface area contributed by atoms with Crippen LogP contribution in [0.25, 0.3) is 21.9 Å². The Kier molecular flexibility index (Phi) is 3.47. The highest BCUT2D eigenvalue weighted by molar-refractivity contribution is 9.10. The van der Waals surface area contributed by atoms with E-state index in [0.29, 0.717) is 21.7 Å². The first-order chi connectivity index (χ1) is 11.5. The number of H-pyrrole nitrogens is 3. The van der Waals surface area contributed by atoms with Crippen LogP contribution in [0.3, 0.4) is 0 Å². The lowest BCUT2D eigenvalue weighted by atomic mass is 10.2. The number of rotatable bonds is 2. The van der Waals surface area contributed by atoms with Crippen molar-refractivity contribution < 1.29 is 4.79 Å². The number of carbonyl (C=O) groups excluding carboxylic acids is 1. The van der Waals surface area contributed by atoms with Crippen molar-refractivity contribution >= 4 is 61.1 Å². The smallest absolute Gasteiger partial charge is 0.323 e. The van der Waals surface area contributed by atoms with E-state index >= 15 is 0 Å². The second-order valence-electron chi connectivity index (χ2n) is 5.30. The zero-order valence-corrected chi connectivity index (χ0v) is 14.4. The Morgan fingerprint density at radius 2 is 1.75 bits per heavy atom. The molecule has 0 spiro atoms. The number of imidazole rings is 1. The zero-order chi connectivity index (χ0) is 16.8. The topological polar surface area (TPSA) is 93.5 Å². The SMILES string of the molecule is O=C(Nc1ccc2[nH]c(=O)[nH]c2c1)c1[nH]c2ccc(Br)cc2c1Cl. The zero-order valence-electron chi connectivity index (χ0n) is 12.0. The van der Waals surface area contributed by atoms with Gasteiger partial charge in [-0.25, -0.2) is 4.79 Å². The van der Waals surface area contributed by atoms with Gasteiger partial charge < -0.3 is 20.3 Å². The van der Waals surface area contributed by atoms with Gasteiger partial charge in [-0.1, -0.05) is 27.5 Å². The summed E-state index contributed by atoms with van der Waals surface area (Å²) in [5, 5.41) is 3.90. The lowest BCUT2D eigenvalue weighted by Gasteiger charge is -2.04. The van der Waals surface area contributed by atoms with Crippen LogP contribution in [0.4, 0.5) is 5.69 Å². The summed E-state index contributed by atoms with van der Waals surface area (Å²) in [5.74, 6) is -0.357. The third-order valence-corrected chi connectivity index (χ3v) is 4.58. The van der Waals surface area contributed by atoms with Crippen molar-refractivity contribution in [2.24, 2.45) is 0 Å². The summed E-state index contributed by atoms with van der Waals surface area (Å²) in [7, 11) is 0. The van der Waals surface area contributed by atoms with Crippen molar-refractivity contribution in [2.75, 3.05) is 5.32 Å². The van der Waals surface area contributed by atoms with E-state index in [-0.39, 0.29) is 17.3 Å². The predicted molar refractivity (Wildman–Crippen MR) is 97.9 cm³/mol. The molecule has 0 aliphatic heterocycles. The molecule has 2 heterocycles. The van der Waals surface area contributed by atoms with Gasteiger partial charge in [-0.05, 0) is 36.4 Å². The highest BCUT2D eigenvalue weighted by Crippen LogP contribution is 2.30. The summed E-state index contributed by atoms with van der Waals surface area (Å²) >= 11 is 9.71. The number of hydrogen-bond acceptors (Lipinski definition) is 2. The third-order valence-electron chi connectivity index (χ3n) is 3.70. The van der Waals surface area contributed by atoms with Gasteiger partial charge in [-0.3, -0.25) is 4.79 Å². The molecule has 0 aliphatic rings. The van der Waals surface area contributed by atoms with E-state index in [1.54, 1.807) is 18.2 Å². The number of amides is 1. The van der Waals surface area contributed by atoms with E-state index in [9.17, 15) is 9.59 Å². The molecule has 6 nitrogen and oxygen atoms in total. The summed E-state index contributed by atoms with van der Waals surface area (Å²) in [6.07, 6.45) is 0. The van der Waals surface area contributed by atoms with Crippen LogP contribution in [0.5, 0.6) is 0 Å². The summed E-state index contributed by atoms with van der Waals surface area (Å²) in [4.78, 5) is 32.1. The average Bonchev–Trinajstić information content (AvgIpc) is 3.06. The van der Waals surface area contributed by atoms with Crippen molar-refractivity contribution in [2.45, 2.75) is 0 Å². The Hall–Kier alpha value is -2.51. The Morgan fingerprint density at radius 1 is 1.00 bits per heavy atom. The highest BCUT2D eigenvalue weighted by atomic mass is 79.9. The molecule has 0 fully saturated rings. The second kappa shape index (κ2) is 5.54. The molecular weight excluding hydrogens is 396 g/mol. The van der Waals surface area contributed by atoms with Gasteiger partial charge >= 0.3 is 5.69 Å². The van der Waals surface area contributed by atoms with Crippen LogP contribution in [-0.2, 0) is 0 Å². The maximum absolute atomic E-state index is 12.5. The Bertz CT molecular complexity index is 1160. The van der Waals surface area contributed by atoms with Gasteiger partial charge in [-0.2, -0.15) is 0 Å². The molecular formula is C16H10BrClN4O2. The first-order valence-electron chi connectivity index (χ1n) is 7.01. The van der Waals surface area contributed by atoms with Crippen LogP contribution in [0.1, 0.15) is 10.5 Å². The maximum Gasteiger partial charge on any atom is 0.323 e. The van der Waals surface area contributed by atoms with Crippen molar-refractivity contribution in [1.29, 1.82) is 0 Å². The van der Waals surface area contributed by atoms with Crippen molar-refractivity contribution in [3.63, 3.8) is 0 Å². The Morgan fingerprint density at radius 3 is 2.58 bits per heavy atom. The lowest BCUT2D eigenvalue weighted by Crippen LogP contribution is -2.12. The minimum Gasteiger partial charge on any atom is -0.349 e. The van der Waals surface area contributed by atoms with E-state index in [4.69, 9.17) is 11.6 Å². The molecule has 24 heavy (non-hydrogen) atoms. The van der Waals surface area contributed by atoms with Gasteiger partial charge in [-0.15, -0.1) is 0 Å². The van der Waals surface area contributed by atoms with Gasteiger partial charge in [0.05, 0.1) is 16.1 Å². The molecule has 0 saturated heterocycles. The molecule has 2 aromatic heterocycles. The van der Waals surface area contributed by atoms with Gasteiger partial charge in [0.25, 0.3) is 5.91 Å². The van der Waals surface area contributed by atoms with E-state index in [0.717, 1.165) is 15.4 Å². The minimum absolute atomic E-state index is 0.285. The van der Waals surface area contributed by atoms with E-state index in [1.807, 2.05) is 18.2 Å². The van der Waals surface area contributed by atoms with Crippen molar-refractivity contribution in [3.05, 3.63) is 62.1 Å². The quantitative estimate of drug-likeness (QED) is 0.406. The molecule has 2 aromatic carbocycles. The van der Waals surface area contributed by atoms with E-state index in [1.165, 1.54) is 0 Å². The molecule has 0 unspecified atom stereocenters. The minimum atomic E-state index is -0.357. The van der Waals surface area contributed by atoms with Crippen molar-refractivity contribution in [3.8, 4) is 0 Å². The fraction of sp³-hybridized carbons (Fsp3) is 0. The van der Waals surface area contributed by atoms with E-state index < -0.39 is 0 Å². The lowest BCUT2D eigenvalue weighted by molar-refractivity contribution is 0.102. The number of anilines is 1. The van der Waals surface area contributed by atoms with Gasteiger partial charge in [0, 0.05) is 21.1 Å². The molecule has 120 valence electrons. The average molecular weight is 406 g/mol. The van der Waals surface area contributed by atoms with Crippen LogP contribution in [0.2, 0.25) is 5.02 Å². The van der Waals surface area contributed by atoms with E-state index in [2.05, 4.69) is 36.2 Å². The number of nitrogens with one attached hydrogen (secondary N) is 4. The molecule has 4 rings (SSSR count). The number of halogens is 2. The molecule has 1 amide bonds. The summed E-state index contributed by atoms with van der Waals surface area (Å²) in [6, 6.07) is 10.7. The number of carbonyl (C=O) groups is 1. The fourth-order valence-corrected chi connectivity index (χ4v) is 3.24. The number of aromatic amines is 3. The van der Waals surface area contributed by atoms with Crippen LogP contribution >= 0.6 is 27.5 Å². The van der Waals surface area contributed by atoms with Gasteiger partial charge in [0.1, 0.15) is 5.69 Å². The molecule has 4 N–H and O–H groups in total. The standard InChI is InChI=1S/C16H10BrClN4O2/c17-7-1-3-10-9(5-7)13(18)14(20-10)15(23)19-8-2-4-11-12(6-8)22-16(24)21-11/h1-6,20H,(H,19,23)(H2,21,22,24). The summed E-state index contributed by atoms with van der Waals surface area (Å²) in [6.45, 7) is 0. The normalized spacial score (nSPS) is 11.2. The number of benzene rings is 2. The van der Waals surface area contributed by atoms with Crippen LogP contribution in [-0.4, -0.2) is 20.9 Å². The monoisotopic (exact) mass is 404 g/mol. The van der Waals surface area contributed by atoms with Gasteiger partial charge in [0.2, 0.25) is 0 Å². The van der Waals surface area contributed by atoms with Crippen molar-refractivity contribution in [1.82, 2.24) is 15.0 Å². The van der Waals surface area contributed by atoms with Crippen LogP contribution < -0.4 is 11.0 Å². The molecule has 0 bridgehead atoms. The summed E-state index contributed by atoms with van der Waals surface area (Å²) in [5.41, 5.74) is 2.61. The Balaban J connectivity index is 1.70.